The molecular formula is C27H44O6. The molecule has 4 fully saturated rings. The lowest BCUT2D eigenvalue weighted by atomic mass is 9.46. The van der Waals surface area contributed by atoms with E-state index < -0.39 is 36.3 Å². The second-order valence-corrected chi connectivity index (χ2v) is 12.4. The normalized spacial score (nSPS) is 55.2. The minimum absolute atomic E-state index is 0.186. The zero-order valence-electron chi connectivity index (χ0n) is 20.7. The molecule has 188 valence electrons. The van der Waals surface area contributed by atoms with Crippen molar-refractivity contribution in [2.45, 2.75) is 128 Å². The Hall–Kier alpha value is -0.500. The molecule has 33 heavy (non-hydrogen) atoms. The summed E-state index contributed by atoms with van der Waals surface area (Å²) in [5.41, 5.74) is 0.501. The Morgan fingerprint density at radius 1 is 1.06 bits per heavy atom. The van der Waals surface area contributed by atoms with Gasteiger partial charge in [0.15, 0.2) is 6.29 Å². The van der Waals surface area contributed by atoms with Crippen molar-refractivity contribution in [2.75, 3.05) is 0 Å². The molecule has 5 rings (SSSR count). The van der Waals surface area contributed by atoms with E-state index in [0.29, 0.717) is 17.8 Å². The van der Waals surface area contributed by atoms with Crippen LogP contribution in [0, 0.1) is 28.6 Å². The Morgan fingerprint density at radius 2 is 1.79 bits per heavy atom. The van der Waals surface area contributed by atoms with E-state index in [0.717, 1.165) is 51.4 Å². The van der Waals surface area contributed by atoms with E-state index >= 15 is 0 Å². The van der Waals surface area contributed by atoms with E-state index in [4.69, 9.17) is 9.47 Å². The van der Waals surface area contributed by atoms with Gasteiger partial charge < -0.3 is 29.9 Å². The Balaban J connectivity index is 1.34. The number of rotatable bonds is 3. The molecule has 5 aliphatic rings. The summed E-state index contributed by atoms with van der Waals surface area (Å²) in [5.74, 6) is 1.64. The minimum Gasteiger partial charge on any atom is -0.393 e. The van der Waals surface area contributed by atoms with Crippen LogP contribution in [0.4, 0.5) is 0 Å². The molecule has 6 heteroatoms. The average Bonchev–Trinajstić information content (AvgIpc) is 3.04. The van der Waals surface area contributed by atoms with E-state index in [1.165, 1.54) is 5.57 Å². The highest BCUT2D eigenvalue weighted by atomic mass is 16.7. The fraction of sp³-hybridized carbons (Fsp3) is 0.926. The highest BCUT2D eigenvalue weighted by Gasteiger charge is 2.65. The van der Waals surface area contributed by atoms with Crippen LogP contribution in [-0.4, -0.2) is 62.8 Å². The predicted octanol–water partition coefficient (Wildman–Crippen LogP) is 3.30. The molecule has 0 aromatic rings. The van der Waals surface area contributed by atoms with Gasteiger partial charge in [0.2, 0.25) is 0 Å². The standard InChI is InChI=1S/C27H44O6/c1-15-24(30)22(29)14-23(32-15)33-16(2)27(31)12-9-21-19-6-5-17-13-18(28)7-10-25(17,3)20(19)8-11-26(21,27)4/h5,15-16,18-24,28-31H,6-14H2,1-4H3/t15-,16?,18-,19?,20?,21?,22-,23-,24-,25?,26-,27-/m0/s1. The van der Waals surface area contributed by atoms with Gasteiger partial charge in [-0.3, -0.25) is 0 Å². The van der Waals surface area contributed by atoms with E-state index in [1.54, 1.807) is 6.92 Å². The highest BCUT2D eigenvalue weighted by molar-refractivity contribution is 5.26. The van der Waals surface area contributed by atoms with Crippen LogP contribution in [-0.2, 0) is 9.47 Å². The third-order valence-electron chi connectivity index (χ3n) is 11.0. The van der Waals surface area contributed by atoms with Gasteiger partial charge in [-0.2, -0.15) is 0 Å². The van der Waals surface area contributed by atoms with Gasteiger partial charge in [-0.15, -0.1) is 0 Å². The van der Waals surface area contributed by atoms with Crippen molar-refractivity contribution in [1.82, 2.24) is 0 Å². The van der Waals surface area contributed by atoms with Crippen LogP contribution >= 0.6 is 0 Å². The maximum absolute atomic E-state index is 12.1. The van der Waals surface area contributed by atoms with Crippen molar-refractivity contribution in [3.8, 4) is 0 Å². The molecule has 0 aromatic carbocycles. The first-order chi connectivity index (χ1) is 15.5. The lowest BCUT2D eigenvalue weighted by molar-refractivity contribution is -0.288. The van der Waals surface area contributed by atoms with E-state index in [-0.39, 0.29) is 23.4 Å². The fourth-order valence-electron chi connectivity index (χ4n) is 8.81. The Bertz CT molecular complexity index is 773. The van der Waals surface area contributed by atoms with Crippen molar-refractivity contribution in [3.05, 3.63) is 11.6 Å². The van der Waals surface area contributed by atoms with Crippen molar-refractivity contribution in [1.29, 1.82) is 0 Å². The maximum Gasteiger partial charge on any atom is 0.161 e. The third kappa shape index (κ3) is 3.58. The number of ether oxygens (including phenoxy) is 2. The summed E-state index contributed by atoms with van der Waals surface area (Å²) >= 11 is 0. The molecule has 1 aliphatic heterocycles. The van der Waals surface area contributed by atoms with Crippen LogP contribution < -0.4 is 0 Å². The van der Waals surface area contributed by atoms with Crippen LogP contribution in [0.3, 0.4) is 0 Å². The van der Waals surface area contributed by atoms with E-state index in [9.17, 15) is 20.4 Å². The van der Waals surface area contributed by atoms with Crippen LogP contribution in [0.1, 0.15) is 85.5 Å². The summed E-state index contributed by atoms with van der Waals surface area (Å²) in [5, 5.41) is 42.5. The molecule has 1 saturated heterocycles. The third-order valence-corrected chi connectivity index (χ3v) is 11.0. The van der Waals surface area contributed by atoms with Crippen LogP contribution in [0.2, 0.25) is 0 Å². The van der Waals surface area contributed by atoms with Gasteiger partial charge >= 0.3 is 0 Å². The van der Waals surface area contributed by atoms with Gasteiger partial charge in [-0.25, -0.2) is 0 Å². The van der Waals surface area contributed by atoms with Gasteiger partial charge in [0, 0.05) is 11.8 Å². The Kier molecular flexibility index (Phi) is 6.07. The first kappa shape index (κ1) is 24.2. The van der Waals surface area contributed by atoms with Gasteiger partial charge in [0.05, 0.1) is 30.0 Å². The zero-order chi connectivity index (χ0) is 23.8. The first-order valence-electron chi connectivity index (χ1n) is 13.3. The number of aliphatic hydroxyl groups is 4. The summed E-state index contributed by atoms with van der Waals surface area (Å²) in [6, 6.07) is 0. The number of hydrogen-bond donors (Lipinski definition) is 4. The Morgan fingerprint density at radius 3 is 2.52 bits per heavy atom. The second kappa shape index (κ2) is 8.28. The molecule has 0 radical (unpaired) electrons. The number of allylic oxidation sites excluding steroid dienone is 1. The molecule has 1 heterocycles. The van der Waals surface area contributed by atoms with Gasteiger partial charge in [0.25, 0.3) is 0 Å². The summed E-state index contributed by atoms with van der Waals surface area (Å²) in [4.78, 5) is 0. The fourth-order valence-corrected chi connectivity index (χ4v) is 8.81. The van der Waals surface area contributed by atoms with Crippen LogP contribution in [0.5, 0.6) is 0 Å². The molecule has 0 aromatic heterocycles. The lowest BCUT2D eigenvalue weighted by Crippen LogP contribution is -2.59. The monoisotopic (exact) mass is 464 g/mol. The van der Waals surface area contributed by atoms with E-state index in [2.05, 4.69) is 19.9 Å². The molecule has 4 N–H and O–H groups in total. The quantitative estimate of drug-likeness (QED) is 0.479. The molecule has 12 atom stereocenters. The highest BCUT2D eigenvalue weighted by Crippen LogP contribution is 2.67. The lowest BCUT2D eigenvalue weighted by Gasteiger charge is -2.59. The zero-order valence-corrected chi connectivity index (χ0v) is 20.7. The van der Waals surface area contributed by atoms with Crippen molar-refractivity contribution in [3.63, 3.8) is 0 Å². The van der Waals surface area contributed by atoms with Crippen LogP contribution in [0.25, 0.3) is 0 Å². The molecule has 4 aliphatic carbocycles. The average molecular weight is 465 g/mol. The minimum atomic E-state index is -0.941. The SMILES string of the molecule is CC(O[C@H]1C[C@H](O)[C@@H](O)[C@H](C)O1)[C@@]1(O)CCC2C3CC=C4C[C@@H](O)CCC4(C)C3CC[C@@]21C. The van der Waals surface area contributed by atoms with Crippen molar-refractivity contribution in [2.24, 2.45) is 28.6 Å². The summed E-state index contributed by atoms with van der Waals surface area (Å²) < 4.78 is 12.1. The van der Waals surface area contributed by atoms with Crippen molar-refractivity contribution < 1.29 is 29.9 Å². The maximum atomic E-state index is 12.1. The van der Waals surface area contributed by atoms with Gasteiger partial charge in [-0.05, 0) is 88.4 Å². The molecule has 5 unspecified atom stereocenters. The Labute approximate surface area is 198 Å². The number of fused-ring (bicyclic) bond motifs is 5. The smallest absolute Gasteiger partial charge is 0.161 e. The largest absolute Gasteiger partial charge is 0.393 e. The van der Waals surface area contributed by atoms with Crippen LogP contribution in [0.15, 0.2) is 11.6 Å². The summed E-state index contributed by atoms with van der Waals surface area (Å²) in [6.07, 6.45) is 6.81. The summed E-state index contributed by atoms with van der Waals surface area (Å²) in [7, 11) is 0. The molecule has 0 amide bonds. The molecule has 6 nitrogen and oxygen atoms in total. The molecule has 0 bridgehead atoms. The molecule has 0 spiro atoms. The second-order valence-electron chi connectivity index (χ2n) is 12.4. The molecule has 3 saturated carbocycles. The molecular weight excluding hydrogens is 420 g/mol. The summed E-state index contributed by atoms with van der Waals surface area (Å²) in [6.45, 7) is 8.40. The topological polar surface area (TPSA) is 99.4 Å². The van der Waals surface area contributed by atoms with Gasteiger partial charge in [-0.1, -0.05) is 25.5 Å². The first-order valence-corrected chi connectivity index (χ1v) is 13.3. The number of aliphatic hydroxyl groups excluding tert-OH is 3. The number of hydrogen-bond acceptors (Lipinski definition) is 6. The predicted molar refractivity (Wildman–Crippen MR) is 124 cm³/mol. The van der Waals surface area contributed by atoms with E-state index in [1.807, 2.05) is 6.92 Å². The van der Waals surface area contributed by atoms with Gasteiger partial charge in [0.1, 0.15) is 6.10 Å². The van der Waals surface area contributed by atoms with Crippen molar-refractivity contribution >= 4 is 0 Å².